The van der Waals surface area contributed by atoms with Crippen molar-refractivity contribution in [1.29, 1.82) is 0 Å². The van der Waals surface area contributed by atoms with Crippen LogP contribution in [0.2, 0.25) is 0 Å². The zero-order valence-electron chi connectivity index (χ0n) is 16.1. The molecule has 27 heavy (non-hydrogen) atoms. The first-order chi connectivity index (χ1) is 12.6. The van der Waals surface area contributed by atoms with Gasteiger partial charge < -0.3 is 32.2 Å². The molecule has 0 aliphatic heterocycles. The molecule has 0 spiro atoms. The van der Waals surface area contributed by atoms with Gasteiger partial charge in [0, 0.05) is 6.42 Å². The molecule has 0 aliphatic carbocycles. The summed E-state index contributed by atoms with van der Waals surface area (Å²) in [4.78, 5) is 57.9. The third-order valence-corrected chi connectivity index (χ3v) is 3.84. The first-order valence-electron chi connectivity index (χ1n) is 9.02. The Morgan fingerprint density at radius 1 is 0.963 bits per heavy atom. The normalized spacial score (nSPS) is 15.0. The molecule has 0 saturated carbocycles. The van der Waals surface area contributed by atoms with Crippen LogP contribution in [0, 0.1) is 0 Å². The van der Waals surface area contributed by atoms with Crippen LogP contribution in [0.4, 0.5) is 0 Å². The minimum atomic E-state index is -0.969. The molecule has 0 heterocycles. The number of primary amides is 1. The Kier molecular flexibility index (Phi) is 11.6. The molecule has 0 radical (unpaired) electrons. The lowest BCUT2D eigenvalue weighted by molar-refractivity contribution is -0.132. The SMILES string of the molecule is CCCC[C@H](NC(=O)[C@@H](N)CCC(N)=O)C(=O)N[C@@H](C)C(=O)N[C@@H](C)C=O. The van der Waals surface area contributed by atoms with E-state index in [1.807, 2.05) is 6.92 Å². The molecule has 0 aromatic rings. The number of hydrogen-bond donors (Lipinski definition) is 5. The van der Waals surface area contributed by atoms with Gasteiger partial charge in [-0.2, -0.15) is 0 Å². The second kappa shape index (κ2) is 12.8. The van der Waals surface area contributed by atoms with E-state index in [-0.39, 0.29) is 12.8 Å². The van der Waals surface area contributed by atoms with Gasteiger partial charge >= 0.3 is 0 Å². The number of rotatable bonds is 13. The summed E-state index contributed by atoms with van der Waals surface area (Å²) in [6.45, 7) is 4.92. The van der Waals surface area contributed by atoms with Crippen molar-refractivity contribution in [3.8, 4) is 0 Å². The number of unbranched alkanes of at least 4 members (excludes halogenated alkanes) is 1. The molecule has 0 saturated heterocycles. The maximum atomic E-state index is 12.5. The molecule has 0 aromatic carbocycles. The van der Waals surface area contributed by atoms with Crippen molar-refractivity contribution in [3.05, 3.63) is 0 Å². The number of nitrogens with one attached hydrogen (secondary N) is 3. The van der Waals surface area contributed by atoms with E-state index in [9.17, 15) is 24.0 Å². The van der Waals surface area contributed by atoms with Crippen molar-refractivity contribution >= 4 is 29.9 Å². The predicted molar refractivity (Wildman–Crippen MR) is 99.1 cm³/mol. The van der Waals surface area contributed by atoms with E-state index >= 15 is 0 Å². The molecule has 10 nitrogen and oxygen atoms in total. The van der Waals surface area contributed by atoms with Crippen molar-refractivity contribution in [2.45, 2.75) is 77.0 Å². The van der Waals surface area contributed by atoms with Gasteiger partial charge in [-0.25, -0.2) is 0 Å². The summed E-state index contributed by atoms with van der Waals surface area (Å²) in [5.74, 6) is -2.18. The van der Waals surface area contributed by atoms with Crippen LogP contribution in [0.5, 0.6) is 0 Å². The predicted octanol–water partition coefficient (Wildman–Crippen LogP) is -1.54. The zero-order valence-corrected chi connectivity index (χ0v) is 16.1. The van der Waals surface area contributed by atoms with Gasteiger partial charge in [0.15, 0.2) is 0 Å². The number of hydrogen-bond acceptors (Lipinski definition) is 6. The summed E-state index contributed by atoms with van der Waals surface area (Å²) in [7, 11) is 0. The lowest BCUT2D eigenvalue weighted by Gasteiger charge is -2.23. The highest BCUT2D eigenvalue weighted by atomic mass is 16.2. The molecule has 0 aliphatic rings. The monoisotopic (exact) mass is 385 g/mol. The van der Waals surface area contributed by atoms with Crippen LogP contribution in [-0.2, 0) is 24.0 Å². The lowest BCUT2D eigenvalue weighted by Crippen LogP contribution is -2.55. The fraction of sp³-hybridized carbons (Fsp3) is 0.706. The third kappa shape index (κ3) is 10.3. The quantitative estimate of drug-likeness (QED) is 0.240. The van der Waals surface area contributed by atoms with E-state index in [0.717, 1.165) is 6.42 Å². The summed E-state index contributed by atoms with van der Waals surface area (Å²) in [5, 5.41) is 7.50. The summed E-state index contributed by atoms with van der Waals surface area (Å²) in [5.41, 5.74) is 10.7. The van der Waals surface area contributed by atoms with Crippen molar-refractivity contribution in [1.82, 2.24) is 16.0 Å². The standard InChI is InChI=1S/C17H31N5O5/c1-4-5-6-13(22-16(26)12(18)7-8-14(19)24)17(27)21-11(3)15(25)20-10(2)9-23/h9-13H,4-8,18H2,1-3H3,(H2,19,24)(H,20,25)(H,21,27)(H,22,26)/t10-,11-,12-,13-/m0/s1. The highest BCUT2D eigenvalue weighted by molar-refractivity contribution is 5.93. The topological polar surface area (TPSA) is 173 Å². The van der Waals surface area contributed by atoms with Gasteiger partial charge in [-0.15, -0.1) is 0 Å². The Labute approximate surface area is 159 Å². The molecule has 4 amide bonds. The van der Waals surface area contributed by atoms with E-state index in [1.165, 1.54) is 13.8 Å². The average Bonchev–Trinajstić information content (AvgIpc) is 2.62. The van der Waals surface area contributed by atoms with Gasteiger partial charge in [0.2, 0.25) is 23.6 Å². The fourth-order valence-electron chi connectivity index (χ4n) is 2.15. The van der Waals surface area contributed by atoms with Crippen LogP contribution < -0.4 is 27.4 Å². The molecule has 0 fully saturated rings. The minimum absolute atomic E-state index is 0.0352. The molecular formula is C17H31N5O5. The highest BCUT2D eigenvalue weighted by Gasteiger charge is 2.26. The first kappa shape index (κ1) is 24.5. The molecule has 0 rings (SSSR count). The molecule has 0 bridgehead atoms. The van der Waals surface area contributed by atoms with Crippen LogP contribution in [0.1, 0.15) is 52.9 Å². The second-order valence-electron chi connectivity index (χ2n) is 6.48. The number of amides is 4. The van der Waals surface area contributed by atoms with Crippen LogP contribution in [-0.4, -0.2) is 54.1 Å². The van der Waals surface area contributed by atoms with Crippen LogP contribution >= 0.6 is 0 Å². The Hall–Kier alpha value is -2.49. The largest absolute Gasteiger partial charge is 0.370 e. The van der Waals surface area contributed by atoms with Gasteiger partial charge in [0.1, 0.15) is 18.4 Å². The maximum Gasteiger partial charge on any atom is 0.243 e. The van der Waals surface area contributed by atoms with E-state index in [0.29, 0.717) is 19.1 Å². The summed E-state index contributed by atoms with van der Waals surface area (Å²) < 4.78 is 0. The Morgan fingerprint density at radius 2 is 1.59 bits per heavy atom. The molecule has 7 N–H and O–H groups in total. The van der Waals surface area contributed by atoms with Crippen molar-refractivity contribution in [3.63, 3.8) is 0 Å². The molecule has 4 atom stereocenters. The number of aldehydes is 1. The minimum Gasteiger partial charge on any atom is -0.370 e. The summed E-state index contributed by atoms with van der Waals surface area (Å²) >= 11 is 0. The smallest absolute Gasteiger partial charge is 0.243 e. The average molecular weight is 385 g/mol. The zero-order chi connectivity index (χ0) is 21.0. The molecule has 0 unspecified atom stereocenters. The van der Waals surface area contributed by atoms with Crippen molar-refractivity contribution < 1.29 is 24.0 Å². The first-order valence-corrected chi connectivity index (χ1v) is 9.02. The molecule has 10 heteroatoms. The van der Waals surface area contributed by atoms with E-state index in [1.54, 1.807) is 0 Å². The van der Waals surface area contributed by atoms with Crippen molar-refractivity contribution in [2.24, 2.45) is 11.5 Å². The summed E-state index contributed by atoms with van der Waals surface area (Å²) in [6, 6.07) is -3.39. The van der Waals surface area contributed by atoms with Crippen LogP contribution in [0.15, 0.2) is 0 Å². The fourth-order valence-corrected chi connectivity index (χ4v) is 2.15. The lowest BCUT2D eigenvalue weighted by atomic mass is 10.1. The van der Waals surface area contributed by atoms with Crippen LogP contribution in [0.25, 0.3) is 0 Å². The van der Waals surface area contributed by atoms with E-state index < -0.39 is 47.8 Å². The van der Waals surface area contributed by atoms with E-state index in [4.69, 9.17) is 11.5 Å². The Bertz CT molecular complexity index is 540. The number of nitrogens with two attached hydrogens (primary N) is 2. The Balaban J connectivity index is 4.83. The number of carbonyl (C=O) groups excluding carboxylic acids is 5. The van der Waals surface area contributed by atoms with Gasteiger partial charge in [-0.1, -0.05) is 19.8 Å². The van der Waals surface area contributed by atoms with Crippen LogP contribution in [0.3, 0.4) is 0 Å². The summed E-state index contributed by atoms with van der Waals surface area (Å²) in [6.07, 6.45) is 2.47. The van der Waals surface area contributed by atoms with Crippen molar-refractivity contribution in [2.75, 3.05) is 0 Å². The second-order valence-corrected chi connectivity index (χ2v) is 6.48. The van der Waals surface area contributed by atoms with Gasteiger partial charge in [-0.05, 0) is 26.7 Å². The van der Waals surface area contributed by atoms with Gasteiger partial charge in [0.05, 0.1) is 12.1 Å². The maximum absolute atomic E-state index is 12.5. The molecular weight excluding hydrogens is 354 g/mol. The molecule has 0 aromatic heterocycles. The Morgan fingerprint density at radius 3 is 2.11 bits per heavy atom. The van der Waals surface area contributed by atoms with Gasteiger partial charge in [-0.3, -0.25) is 19.2 Å². The third-order valence-electron chi connectivity index (χ3n) is 3.84. The highest BCUT2D eigenvalue weighted by Crippen LogP contribution is 2.03. The molecule has 154 valence electrons. The van der Waals surface area contributed by atoms with Gasteiger partial charge in [0.25, 0.3) is 0 Å². The number of carbonyl (C=O) groups is 5. The van der Waals surface area contributed by atoms with E-state index in [2.05, 4.69) is 16.0 Å².